The van der Waals surface area contributed by atoms with Gasteiger partial charge in [-0.25, -0.2) is 0 Å². The van der Waals surface area contributed by atoms with Crippen molar-refractivity contribution in [1.82, 2.24) is 4.90 Å². The van der Waals surface area contributed by atoms with E-state index in [1.807, 2.05) is 35.2 Å². The zero-order valence-corrected chi connectivity index (χ0v) is 12.4. The van der Waals surface area contributed by atoms with Crippen LogP contribution < -0.4 is 0 Å². The van der Waals surface area contributed by atoms with E-state index in [-0.39, 0.29) is 5.91 Å². The fraction of sp³-hybridized carbons (Fsp3) is 0.588. The molecule has 0 unspecified atom stereocenters. The van der Waals surface area contributed by atoms with Crippen molar-refractivity contribution in [2.24, 2.45) is 11.3 Å². The minimum atomic E-state index is 0.276. The Hall–Kier alpha value is -1.31. The summed E-state index contributed by atoms with van der Waals surface area (Å²) < 4.78 is 0. The van der Waals surface area contributed by atoms with Crippen molar-refractivity contribution in [2.75, 3.05) is 13.1 Å². The lowest BCUT2D eigenvalue weighted by Crippen LogP contribution is -2.42. The third-order valence-corrected chi connectivity index (χ3v) is 4.27. The Labute approximate surface area is 116 Å². The SMILES string of the molecule is CC(C)(C)C1CCN(C(=O)Cc2ccccc2)CC1. The molecule has 1 fully saturated rings. The molecule has 19 heavy (non-hydrogen) atoms. The van der Waals surface area contributed by atoms with Gasteiger partial charge in [-0.2, -0.15) is 0 Å². The molecule has 1 aliphatic rings. The number of hydrogen-bond donors (Lipinski definition) is 0. The van der Waals surface area contributed by atoms with E-state index in [2.05, 4.69) is 20.8 Å². The van der Waals surface area contributed by atoms with E-state index in [9.17, 15) is 4.79 Å². The van der Waals surface area contributed by atoms with Crippen molar-refractivity contribution in [2.45, 2.75) is 40.0 Å². The summed E-state index contributed by atoms with van der Waals surface area (Å²) in [5, 5.41) is 0. The second kappa shape index (κ2) is 5.77. The lowest BCUT2D eigenvalue weighted by atomic mass is 9.75. The molecule has 2 nitrogen and oxygen atoms in total. The molecule has 104 valence electrons. The first-order valence-corrected chi connectivity index (χ1v) is 7.28. The average molecular weight is 259 g/mol. The molecule has 1 saturated heterocycles. The van der Waals surface area contributed by atoms with Crippen LogP contribution >= 0.6 is 0 Å². The number of carbonyl (C=O) groups is 1. The highest BCUT2D eigenvalue weighted by atomic mass is 16.2. The van der Waals surface area contributed by atoms with Crippen LogP contribution in [-0.4, -0.2) is 23.9 Å². The Kier molecular flexibility index (Phi) is 4.28. The number of piperidine rings is 1. The number of rotatable bonds is 2. The molecular formula is C17H25NO. The van der Waals surface area contributed by atoms with Crippen LogP contribution in [-0.2, 0) is 11.2 Å². The molecule has 2 rings (SSSR count). The molecular weight excluding hydrogens is 234 g/mol. The van der Waals surface area contributed by atoms with Crippen molar-refractivity contribution >= 4 is 5.91 Å². The summed E-state index contributed by atoms with van der Waals surface area (Å²) in [7, 11) is 0. The van der Waals surface area contributed by atoms with Gasteiger partial charge in [0.1, 0.15) is 0 Å². The molecule has 0 atom stereocenters. The van der Waals surface area contributed by atoms with E-state index in [1.165, 1.54) is 0 Å². The smallest absolute Gasteiger partial charge is 0.226 e. The molecule has 0 aromatic heterocycles. The largest absolute Gasteiger partial charge is 0.342 e. The topological polar surface area (TPSA) is 20.3 Å². The van der Waals surface area contributed by atoms with Crippen LogP contribution in [0.4, 0.5) is 0 Å². The normalized spacial score (nSPS) is 17.5. The first-order valence-electron chi connectivity index (χ1n) is 7.28. The lowest BCUT2D eigenvalue weighted by molar-refractivity contribution is -0.132. The van der Waals surface area contributed by atoms with Gasteiger partial charge in [0.2, 0.25) is 5.91 Å². The van der Waals surface area contributed by atoms with Crippen LogP contribution in [0.25, 0.3) is 0 Å². The predicted molar refractivity (Wildman–Crippen MR) is 78.9 cm³/mol. The maximum atomic E-state index is 12.2. The van der Waals surface area contributed by atoms with Crippen LogP contribution in [0.15, 0.2) is 30.3 Å². The molecule has 1 amide bonds. The molecule has 2 heteroatoms. The van der Waals surface area contributed by atoms with Gasteiger partial charge in [-0.3, -0.25) is 4.79 Å². The van der Waals surface area contributed by atoms with Gasteiger partial charge in [0.15, 0.2) is 0 Å². The van der Waals surface area contributed by atoms with Crippen LogP contribution in [0.1, 0.15) is 39.2 Å². The van der Waals surface area contributed by atoms with E-state index >= 15 is 0 Å². The second-order valence-electron chi connectivity index (χ2n) is 6.68. The molecule has 0 bridgehead atoms. The van der Waals surface area contributed by atoms with Gasteiger partial charge in [0, 0.05) is 13.1 Å². The third-order valence-electron chi connectivity index (χ3n) is 4.27. The third kappa shape index (κ3) is 3.82. The number of benzene rings is 1. The Bertz CT molecular complexity index is 411. The summed E-state index contributed by atoms with van der Waals surface area (Å²) in [5.41, 5.74) is 1.49. The minimum absolute atomic E-state index is 0.276. The standard InChI is InChI=1S/C17H25NO/c1-17(2,3)15-9-11-18(12-10-15)16(19)13-14-7-5-4-6-8-14/h4-8,15H,9-13H2,1-3H3. The summed E-state index contributed by atoms with van der Waals surface area (Å²) in [6.45, 7) is 8.76. The fourth-order valence-corrected chi connectivity index (χ4v) is 2.88. The molecule has 1 aromatic carbocycles. The molecule has 1 aliphatic heterocycles. The first-order chi connectivity index (χ1) is 8.97. The van der Waals surface area contributed by atoms with Crippen molar-refractivity contribution in [3.8, 4) is 0 Å². The van der Waals surface area contributed by atoms with E-state index in [4.69, 9.17) is 0 Å². The minimum Gasteiger partial charge on any atom is -0.342 e. The average Bonchev–Trinajstić information content (AvgIpc) is 2.39. The van der Waals surface area contributed by atoms with Crippen molar-refractivity contribution in [3.63, 3.8) is 0 Å². The Morgan fingerprint density at radius 1 is 1.16 bits per heavy atom. The van der Waals surface area contributed by atoms with Crippen LogP contribution in [0.3, 0.4) is 0 Å². The monoisotopic (exact) mass is 259 g/mol. The van der Waals surface area contributed by atoms with Crippen molar-refractivity contribution in [3.05, 3.63) is 35.9 Å². The van der Waals surface area contributed by atoms with E-state index in [0.717, 1.165) is 37.4 Å². The summed E-state index contributed by atoms with van der Waals surface area (Å²) >= 11 is 0. The first kappa shape index (κ1) is 14.1. The maximum absolute atomic E-state index is 12.2. The van der Waals surface area contributed by atoms with Gasteiger partial charge >= 0.3 is 0 Å². The Balaban J connectivity index is 1.86. The highest BCUT2D eigenvalue weighted by Gasteiger charge is 2.30. The van der Waals surface area contributed by atoms with E-state index in [0.29, 0.717) is 11.8 Å². The van der Waals surface area contributed by atoms with Gasteiger partial charge < -0.3 is 4.90 Å². The molecule has 0 aliphatic carbocycles. The molecule has 0 spiro atoms. The Morgan fingerprint density at radius 2 is 1.74 bits per heavy atom. The summed E-state index contributed by atoms with van der Waals surface area (Å²) in [4.78, 5) is 14.3. The zero-order valence-electron chi connectivity index (χ0n) is 12.4. The number of nitrogens with zero attached hydrogens (tertiary/aromatic N) is 1. The number of carbonyl (C=O) groups excluding carboxylic acids is 1. The second-order valence-corrected chi connectivity index (χ2v) is 6.68. The van der Waals surface area contributed by atoms with E-state index < -0.39 is 0 Å². The van der Waals surface area contributed by atoms with Gasteiger partial charge in [-0.05, 0) is 29.7 Å². The summed E-state index contributed by atoms with van der Waals surface area (Å²) in [6, 6.07) is 10.0. The van der Waals surface area contributed by atoms with Crippen molar-refractivity contribution in [1.29, 1.82) is 0 Å². The summed E-state index contributed by atoms with van der Waals surface area (Å²) in [6.07, 6.45) is 2.83. The number of amides is 1. The number of likely N-dealkylation sites (tertiary alicyclic amines) is 1. The van der Waals surface area contributed by atoms with Gasteiger partial charge in [-0.1, -0.05) is 51.1 Å². The zero-order chi connectivity index (χ0) is 13.9. The number of hydrogen-bond acceptors (Lipinski definition) is 1. The lowest BCUT2D eigenvalue weighted by Gasteiger charge is -2.38. The highest BCUT2D eigenvalue weighted by molar-refractivity contribution is 5.78. The Morgan fingerprint density at radius 3 is 2.26 bits per heavy atom. The molecule has 0 N–H and O–H groups in total. The van der Waals surface area contributed by atoms with Crippen LogP contribution in [0.2, 0.25) is 0 Å². The molecule has 1 aromatic rings. The summed E-state index contributed by atoms with van der Waals surface area (Å²) in [5.74, 6) is 1.02. The molecule has 0 saturated carbocycles. The predicted octanol–water partition coefficient (Wildman–Crippen LogP) is 3.51. The van der Waals surface area contributed by atoms with Gasteiger partial charge in [0.05, 0.1) is 6.42 Å². The quantitative estimate of drug-likeness (QED) is 0.796. The fourth-order valence-electron chi connectivity index (χ4n) is 2.88. The van der Waals surface area contributed by atoms with Gasteiger partial charge in [0.25, 0.3) is 0 Å². The van der Waals surface area contributed by atoms with Crippen LogP contribution in [0.5, 0.6) is 0 Å². The van der Waals surface area contributed by atoms with Crippen LogP contribution in [0, 0.1) is 11.3 Å². The maximum Gasteiger partial charge on any atom is 0.226 e. The molecule has 0 radical (unpaired) electrons. The molecule has 1 heterocycles. The van der Waals surface area contributed by atoms with Gasteiger partial charge in [-0.15, -0.1) is 0 Å². The highest BCUT2D eigenvalue weighted by Crippen LogP contribution is 2.34. The van der Waals surface area contributed by atoms with Crippen molar-refractivity contribution < 1.29 is 4.79 Å². The van der Waals surface area contributed by atoms with E-state index in [1.54, 1.807) is 0 Å².